The first kappa shape index (κ1) is 18.1. The van der Waals surface area contributed by atoms with Crippen molar-refractivity contribution in [3.8, 4) is 5.75 Å². The third kappa shape index (κ3) is 3.78. The fourth-order valence-corrected chi connectivity index (χ4v) is 3.09. The van der Waals surface area contributed by atoms with Crippen molar-refractivity contribution in [2.45, 2.75) is 26.4 Å². The van der Waals surface area contributed by atoms with Gasteiger partial charge in [0.05, 0.1) is 13.2 Å². The van der Waals surface area contributed by atoms with Crippen LogP contribution in [0.1, 0.15) is 29.9 Å². The summed E-state index contributed by atoms with van der Waals surface area (Å²) in [5, 5.41) is 7.32. The zero-order valence-corrected chi connectivity index (χ0v) is 15.7. The lowest BCUT2D eigenvalue weighted by Gasteiger charge is -2.14. The minimum absolute atomic E-state index is 0.278. The molecule has 0 bridgehead atoms. The van der Waals surface area contributed by atoms with E-state index >= 15 is 0 Å². The molecule has 5 nitrogen and oxygen atoms in total. The van der Waals surface area contributed by atoms with Crippen LogP contribution in [0.4, 0.5) is 4.79 Å². The highest BCUT2D eigenvalue weighted by atomic mass is 35.5. The van der Waals surface area contributed by atoms with Crippen LogP contribution in [-0.2, 0) is 6.54 Å². The van der Waals surface area contributed by atoms with Crippen molar-refractivity contribution in [1.82, 2.24) is 10.6 Å². The fourth-order valence-electron chi connectivity index (χ4n) is 2.89. The van der Waals surface area contributed by atoms with Gasteiger partial charge in [-0.2, -0.15) is 0 Å². The van der Waals surface area contributed by atoms with E-state index < -0.39 is 0 Å². The molecule has 0 aliphatic heterocycles. The lowest BCUT2D eigenvalue weighted by atomic mass is 10.1. The van der Waals surface area contributed by atoms with Crippen molar-refractivity contribution < 1.29 is 13.9 Å². The van der Waals surface area contributed by atoms with Crippen LogP contribution >= 0.6 is 11.6 Å². The third-order valence-electron chi connectivity index (χ3n) is 4.32. The third-order valence-corrected chi connectivity index (χ3v) is 4.69. The van der Waals surface area contributed by atoms with Crippen molar-refractivity contribution in [3.05, 3.63) is 64.4 Å². The first-order valence-corrected chi connectivity index (χ1v) is 8.72. The minimum atomic E-state index is -0.283. The molecule has 6 heteroatoms. The number of fused-ring (bicyclic) bond motifs is 1. The Morgan fingerprint density at radius 3 is 2.77 bits per heavy atom. The number of amides is 2. The molecule has 26 heavy (non-hydrogen) atoms. The van der Waals surface area contributed by atoms with E-state index in [0.717, 1.165) is 33.6 Å². The average Bonchev–Trinajstić information content (AvgIpc) is 2.97. The van der Waals surface area contributed by atoms with Gasteiger partial charge in [0.25, 0.3) is 0 Å². The van der Waals surface area contributed by atoms with Gasteiger partial charge in [-0.15, -0.1) is 0 Å². The average molecular weight is 373 g/mol. The number of methoxy groups -OCH3 is 1. The summed E-state index contributed by atoms with van der Waals surface area (Å²) in [5.74, 6) is 1.49. The highest BCUT2D eigenvalue weighted by molar-refractivity contribution is 6.31. The number of benzene rings is 2. The quantitative estimate of drug-likeness (QED) is 0.665. The Bertz CT molecular complexity index is 936. The maximum Gasteiger partial charge on any atom is 0.315 e. The van der Waals surface area contributed by atoms with Crippen molar-refractivity contribution in [2.75, 3.05) is 7.11 Å². The molecule has 3 rings (SSSR count). The molecule has 0 radical (unpaired) electrons. The standard InChI is InChI=1S/C20H21ClN2O3/c1-12-16-10-15(25-3)8-9-18(16)26-19(12)13(2)23-20(24)22-11-14-6-4-5-7-17(14)21/h4-10,13H,11H2,1-3H3,(H2,22,23,24). The number of hydrogen-bond acceptors (Lipinski definition) is 3. The van der Waals surface area contributed by atoms with Crippen LogP contribution < -0.4 is 15.4 Å². The fraction of sp³-hybridized carbons (Fsp3) is 0.250. The van der Waals surface area contributed by atoms with Crippen LogP contribution in [0.25, 0.3) is 11.0 Å². The van der Waals surface area contributed by atoms with Crippen molar-refractivity contribution >= 4 is 28.6 Å². The van der Waals surface area contributed by atoms with Gasteiger partial charge >= 0.3 is 6.03 Å². The summed E-state index contributed by atoms with van der Waals surface area (Å²) in [5.41, 5.74) is 2.62. The van der Waals surface area contributed by atoms with Crippen LogP contribution in [-0.4, -0.2) is 13.1 Å². The molecule has 136 valence electrons. The summed E-state index contributed by atoms with van der Waals surface area (Å²) in [6.45, 7) is 4.21. The van der Waals surface area contributed by atoms with Crippen LogP contribution in [0.15, 0.2) is 46.9 Å². The van der Waals surface area contributed by atoms with Crippen LogP contribution in [0, 0.1) is 6.92 Å². The summed E-state index contributed by atoms with van der Waals surface area (Å²) >= 11 is 6.10. The molecule has 0 saturated heterocycles. The topological polar surface area (TPSA) is 63.5 Å². The van der Waals surface area contributed by atoms with Crippen molar-refractivity contribution in [1.29, 1.82) is 0 Å². The van der Waals surface area contributed by atoms with E-state index in [0.29, 0.717) is 11.6 Å². The van der Waals surface area contributed by atoms with Gasteiger partial charge in [0.2, 0.25) is 0 Å². The number of aryl methyl sites for hydroxylation is 1. The molecule has 0 aliphatic carbocycles. The zero-order chi connectivity index (χ0) is 18.7. The van der Waals surface area contributed by atoms with Gasteiger partial charge in [0, 0.05) is 22.5 Å². The summed E-state index contributed by atoms with van der Waals surface area (Å²) in [4.78, 5) is 12.2. The van der Waals surface area contributed by atoms with E-state index in [4.69, 9.17) is 20.8 Å². The van der Waals surface area contributed by atoms with Gasteiger partial charge in [-0.3, -0.25) is 0 Å². The molecule has 0 spiro atoms. The van der Waals surface area contributed by atoms with Gasteiger partial charge in [0.15, 0.2) is 0 Å². The normalized spacial score (nSPS) is 12.0. The van der Waals surface area contributed by atoms with E-state index in [1.807, 2.05) is 50.2 Å². The molecule has 2 amide bonds. The Morgan fingerprint density at radius 2 is 2.04 bits per heavy atom. The van der Waals surface area contributed by atoms with E-state index in [9.17, 15) is 4.79 Å². The van der Waals surface area contributed by atoms with Crippen LogP contribution in [0.3, 0.4) is 0 Å². The molecule has 2 N–H and O–H groups in total. The van der Waals surface area contributed by atoms with Crippen molar-refractivity contribution in [3.63, 3.8) is 0 Å². The first-order valence-electron chi connectivity index (χ1n) is 8.34. The highest BCUT2D eigenvalue weighted by Gasteiger charge is 2.19. The van der Waals surface area contributed by atoms with E-state index in [1.54, 1.807) is 13.2 Å². The molecule has 1 unspecified atom stereocenters. The molecule has 1 aromatic heterocycles. The number of ether oxygens (including phenoxy) is 1. The Balaban J connectivity index is 1.68. The Labute approximate surface area is 157 Å². The summed E-state index contributed by atoms with van der Waals surface area (Å²) in [7, 11) is 1.63. The SMILES string of the molecule is COc1ccc2oc(C(C)NC(=O)NCc3ccccc3Cl)c(C)c2c1. The van der Waals surface area contributed by atoms with Crippen LogP contribution in [0.5, 0.6) is 5.75 Å². The predicted molar refractivity (Wildman–Crippen MR) is 103 cm³/mol. The van der Waals surface area contributed by atoms with E-state index in [1.165, 1.54) is 0 Å². The summed E-state index contributed by atoms with van der Waals surface area (Å²) in [6.07, 6.45) is 0. The molecule has 0 fully saturated rings. The molecular weight excluding hydrogens is 352 g/mol. The Morgan fingerprint density at radius 1 is 1.27 bits per heavy atom. The Hall–Kier alpha value is -2.66. The zero-order valence-electron chi connectivity index (χ0n) is 14.9. The van der Waals surface area contributed by atoms with Gasteiger partial charge < -0.3 is 19.8 Å². The summed E-state index contributed by atoms with van der Waals surface area (Å²) < 4.78 is 11.2. The largest absolute Gasteiger partial charge is 0.497 e. The molecule has 3 aromatic rings. The predicted octanol–water partition coefficient (Wildman–Crippen LogP) is 4.96. The van der Waals surface area contributed by atoms with Gasteiger partial charge in [-0.05, 0) is 43.7 Å². The first-order chi connectivity index (χ1) is 12.5. The number of halogens is 1. The Kier molecular flexibility index (Phi) is 5.38. The molecule has 1 heterocycles. The smallest absolute Gasteiger partial charge is 0.315 e. The van der Waals surface area contributed by atoms with Crippen molar-refractivity contribution in [2.24, 2.45) is 0 Å². The minimum Gasteiger partial charge on any atom is -0.497 e. The number of hydrogen-bond donors (Lipinski definition) is 2. The number of carbonyl (C=O) groups is 1. The molecule has 1 atom stereocenters. The molecule has 0 saturated carbocycles. The lowest BCUT2D eigenvalue weighted by molar-refractivity contribution is 0.236. The van der Waals surface area contributed by atoms with Crippen LogP contribution in [0.2, 0.25) is 5.02 Å². The summed E-state index contributed by atoms with van der Waals surface area (Å²) in [6, 6.07) is 12.5. The van der Waals surface area contributed by atoms with E-state index in [2.05, 4.69) is 10.6 Å². The second-order valence-electron chi connectivity index (χ2n) is 6.09. The second kappa shape index (κ2) is 7.70. The molecular formula is C20H21ClN2O3. The monoisotopic (exact) mass is 372 g/mol. The number of nitrogens with one attached hydrogen (secondary N) is 2. The molecule has 2 aromatic carbocycles. The van der Waals surface area contributed by atoms with E-state index in [-0.39, 0.29) is 12.1 Å². The highest BCUT2D eigenvalue weighted by Crippen LogP contribution is 2.31. The second-order valence-corrected chi connectivity index (χ2v) is 6.50. The van der Waals surface area contributed by atoms with Gasteiger partial charge in [-0.25, -0.2) is 4.79 Å². The maximum absolute atomic E-state index is 12.2. The number of rotatable bonds is 5. The van der Waals surface area contributed by atoms with Gasteiger partial charge in [0.1, 0.15) is 17.1 Å². The number of carbonyl (C=O) groups excluding carboxylic acids is 1. The maximum atomic E-state index is 12.2. The lowest BCUT2D eigenvalue weighted by Crippen LogP contribution is -2.36. The van der Waals surface area contributed by atoms with Gasteiger partial charge in [-0.1, -0.05) is 29.8 Å². The number of urea groups is 1. The number of furan rings is 1. The molecule has 0 aliphatic rings.